The van der Waals surface area contributed by atoms with E-state index in [1.165, 1.54) is 23.9 Å². The molecule has 0 atom stereocenters. The second-order valence-corrected chi connectivity index (χ2v) is 8.02. The summed E-state index contributed by atoms with van der Waals surface area (Å²) in [6.07, 6.45) is 0. The van der Waals surface area contributed by atoms with Crippen LogP contribution in [-0.4, -0.2) is 18.0 Å². The van der Waals surface area contributed by atoms with Gasteiger partial charge in [-0.25, -0.2) is 4.39 Å². The molecule has 0 bridgehead atoms. The number of rotatable bonds is 8. The Morgan fingerprint density at radius 2 is 1.77 bits per heavy atom. The fourth-order valence-electron chi connectivity index (χ4n) is 2.94. The molecule has 0 saturated carbocycles. The summed E-state index contributed by atoms with van der Waals surface area (Å²) in [7, 11) is 1.96. The predicted octanol–water partition coefficient (Wildman–Crippen LogP) is 6.33. The summed E-state index contributed by atoms with van der Waals surface area (Å²) in [5.41, 5.74) is 3.62. The first-order valence-corrected chi connectivity index (χ1v) is 10.7. The highest BCUT2D eigenvalue weighted by Gasteiger charge is 2.12. The molecular formula is C24H25FN2O2S. The maximum atomic E-state index is 13.2. The minimum Gasteiger partial charge on any atom is -0.487 e. The molecule has 0 aromatic heterocycles. The van der Waals surface area contributed by atoms with Crippen molar-refractivity contribution in [2.24, 2.45) is 0 Å². The van der Waals surface area contributed by atoms with Crippen molar-refractivity contribution in [3.05, 3.63) is 89.7 Å². The van der Waals surface area contributed by atoms with Gasteiger partial charge in [0.25, 0.3) is 5.24 Å². The van der Waals surface area contributed by atoms with Crippen LogP contribution in [0.25, 0.3) is 0 Å². The highest BCUT2D eigenvalue weighted by atomic mass is 32.2. The van der Waals surface area contributed by atoms with Crippen LogP contribution in [0.4, 0.5) is 20.6 Å². The van der Waals surface area contributed by atoms with E-state index in [0.717, 1.165) is 16.8 Å². The van der Waals surface area contributed by atoms with Gasteiger partial charge < -0.3 is 15.0 Å². The number of hydrogen-bond acceptors (Lipinski definition) is 4. The van der Waals surface area contributed by atoms with Crippen LogP contribution in [0.15, 0.2) is 72.8 Å². The highest BCUT2D eigenvalue weighted by molar-refractivity contribution is 8.13. The summed E-state index contributed by atoms with van der Waals surface area (Å²) in [5, 5.41) is 2.79. The first-order chi connectivity index (χ1) is 14.5. The first-order valence-electron chi connectivity index (χ1n) is 9.75. The molecule has 0 spiro atoms. The van der Waals surface area contributed by atoms with Crippen LogP contribution in [0.2, 0.25) is 0 Å². The molecule has 0 saturated heterocycles. The van der Waals surface area contributed by atoms with Gasteiger partial charge in [-0.3, -0.25) is 4.79 Å². The molecule has 0 aliphatic heterocycles. The van der Waals surface area contributed by atoms with Crippen LogP contribution in [0.1, 0.15) is 18.1 Å². The second-order valence-electron chi connectivity index (χ2n) is 6.78. The summed E-state index contributed by atoms with van der Waals surface area (Å²) in [6, 6.07) is 22.0. The van der Waals surface area contributed by atoms with Gasteiger partial charge in [-0.05, 0) is 41.1 Å². The number of ether oxygens (including phenoxy) is 1. The van der Waals surface area contributed by atoms with Crippen LogP contribution in [0.5, 0.6) is 5.75 Å². The Bertz CT molecular complexity index is 965. The van der Waals surface area contributed by atoms with Crippen molar-refractivity contribution in [2.75, 3.05) is 23.0 Å². The molecule has 0 fully saturated rings. The van der Waals surface area contributed by atoms with Crippen molar-refractivity contribution in [1.29, 1.82) is 0 Å². The van der Waals surface area contributed by atoms with E-state index in [9.17, 15) is 9.18 Å². The number of carbonyl (C=O) groups is 1. The van der Waals surface area contributed by atoms with E-state index in [2.05, 4.69) is 10.2 Å². The number of nitrogens with one attached hydrogen (secondary N) is 1. The molecule has 1 N–H and O–H groups in total. The van der Waals surface area contributed by atoms with Gasteiger partial charge in [-0.15, -0.1) is 0 Å². The van der Waals surface area contributed by atoms with E-state index >= 15 is 0 Å². The Morgan fingerprint density at radius 3 is 2.47 bits per heavy atom. The largest absolute Gasteiger partial charge is 0.487 e. The maximum Gasteiger partial charge on any atom is 0.283 e. The van der Waals surface area contributed by atoms with E-state index < -0.39 is 0 Å². The summed E-state index contributed by atoms with van der Waals surface area (Å²) >= 11 is 1.22. The third kappa shape index (κ3) is 6.26. The number of amides is 1. The van der Waals surface area contributed by atoms with Crippen molar-refractivity contribution in [2.45, 2.75) is 20.1 Å². The third-order valence-corrected chi connectivity index (χ3v) is 5.14. The van der Waals surface area contributed by atoms with Crippen LogP contribution in [0, 0.1) is 5.82 Å². The number of hydrogen-bond donors (Lipinski definition) is 1. The molecule has 0 aliphatic rings. The molecular weight excluding hydrogens is 399 g/mol. The second kappa shape index (κ2) is 10.7. The molecule has 4 nitrogen and oxygen atoms in total. The number of halogens is 1. The van der Waals surface area contributed by atoms with Crippen LogP contribution >= 0.6 is 11.8 Å². The lowest BCUT2D eigenvalue weighted by Gasteiger charge is -2.22. The van der Waals surface area contributed by atoms with Gasteiger partial charge in [-0.2, -0.15) is 0 Å². The molecule has 0 radical (unpaired) electrons. The third-order valence-electron chi connectivity index (χ3n) is 4.49. The first kappa shape index (κ1) is 21.7. The lowest BCUT2D eigenvalue weighted by Crippen LogP contribution is -2.17. The number of anilines is 2. The molecule has 30 heavy (non-hydrogen) atoms. The van der Waals surface area contributed by atoms with Crippen molar-refractivity contribution >= 4 is 28.4 Å². The fourth-order valence-corrected chi connectivity index (χ4v) is 3.38. The standard InChI is InChI=1S/C24H25FN2O2S/c1-3-30-24(28)26-22-14-13-21(27(2)16-18-9-11-20(25)12-10-18)15-23(22)29-17-19-7-5-4-6-8-19/h4-15H,3,16-17H2,1-2H3,(H,26,28). The summed E-state index contributed by atoms with van der Waals surface area (Å²) < 4.78 is 19.2. The van der Waals surface area contributed by atoms with Crippen molar-refractivity contribution in [1.82, 2.24) is 0 Å². The summed E-state index contributed by atoms with van der Waals surface area (Å²) in [4.78, 5) is 14.1. The van der Waals surface area contributed by atoms with Gasteiger partial charge in [0.05, 0.1) is 5.69 Å². The van der Waals surface area contributed by atoms with Gasteiger partial charge in [0.1, 0.15) is 18.2 Å². The Kier molecular flexibility index (Phi) is 7.74. The molecule has 1 amide bonds. The summed E-state index contributed by atoms with van der Waals surface area (Å²) in [5.74, 6) is 1.06. The maximum absolute atomic E-state index is 13.2. The van der Waals surface area contributed by atoms with E-state index in [1.807, 2.05) is 62.5 Å². The number of benzene rings is 3. The minimum atomic E-state index is -0.247. The molecule has 3 aromatic rings. The highest BCUT2D eigenvalue weighted by Crippen LogP contribution is 2.32. The van der Waals surface area contributed by atoms with Crippen LogP contribution in [-0.2, 0) is 13.2 Å². The SMILES string of the molecule is CCSC(=O)Nc1ccc(N(C)Cc2ccc(F)cc2)cc1OCc1ccccc1. The number of carbonyl (C=O) groups excluding carboxylic acids is 1. The Hall–Kier alpha value is -2.99. The Labute approximate surface area is 181 Å². The average molecular weight is 425 g/mol. The topological polar surface area (TPSA) is 41.6 Å². The molecule has 156 valence electrons. The number of nitrogens with zero attached hydrogens (tertiary/aromatic N) is 1. The van der Waals surface area contributed by atoms with Gasteiger partial charge in [-0.1, -0.05) is 61.2 Å². The van der Waals surface area contributed by atoms with Gasteiger partial charge in [0.2, 0.25) is 0 Å². The van der Waals surface area contributed by atoms with Crippen LogP contribution < -0.4 is 15.0 Å². The fraction of sp³-hybridized carbons (Fsp3) is 0.208. The molecule has 3 rings (SSSR count). The zero-order chi connectivity index (χ0) is 21.3. The number of thioether (sulfide) groups is 1. The quantitative estimate of drug-likeness (QED) is 0.459. The molecule has 0 heterocycles. The summed E-state index contributed by atoms with van der Waals surface area (Å²) in [6.45, 7) is 2.95. The molecule has 0 unspecified atom stereocenters. The average Bonchev–Trinajstić information content (AvgIpc) is 2.75. The van der Waals surface area contributed by atoms with E-state index in [0.29, 0.717) is 30.3 Å². The lowest BCUT2D eigenvalue weighted by atomic mass is 10.2. The van der Waals surface area contributed by atoms with Crippen molar-refractivity contribution in [3.8, 4) is 5.75 Å². The monoisotopic (exact) mass is 424 g/mol. The Morgan fingerprint density at radius 1 is 1.03 bits per heavy atom. The minimum absolute atomic E-state index is 0.116. The zero-order valence-electron chi connectivity index (χ0n) is 17.1. The lowest BCUT2D eigenvalue weighted by molar-refractivity contribution is 0.269. The molecule has 3 aromatic carbocycles. The van der Waals surface area contributed by atoms with Gasteiger partial charge in [0.15, 0.2) is 0 Å². The van der Waals surface area contributed by atoms with Crippen molar-refractivity contribution in [3.63, 3.8) is 0 Å². The normalized spacial score (nSPS) is 10.5. The zero-order valence-corrected chi connectivity index (χ0v) is 17.9. The van der Waals surface area contributed by atoms with E-state index in [1.54, 1.807) is 12.1 Å². The van der Waals surface area contributed by atoms with E-state index in [-0.39, 0.29) is 11.1 Å². The predicted molar refractivity (Wildman–Crippen MR) is 123 cm³/mol. The van der Waals surface area contributed by atoms with Crippen molar-refractivity contribution < 1.29 is 13.9 Å². The smallest absolute Gasteiger partial charge is 0.283 e. The molecule has 0 aliphatic carbocycles. The van der Waals surface area contributed by atoms with Crippen LogP contribution in [0.3, 0.4) is 0 Å². The molecule has 6 heteroatoms. The van der Waals surface area contributed by atoms with E-state index in [4.69, 9.17) is 4.74 Å². The van der Waals surface area contributed by atoms with Gasteiger partial charge in [0, 0.05) is 25.3 Å². The Balaban J connectivity index is 1.79. The van der Waals surface area contributed by atoms with Gasteiger partial charge >= 0.3 is 0 Å².